The van der Waals surface area contributed by atoms with Crippen molar-refractivity contribution in [3.8, 4) is 22.8 Å². The van der Waals surface area contributed by atoms with Crippen LogP contribution in [0.2, 0.25) is 0 Å². The summed E-state index contributed by atoms with van der Waals surface area (Å²) in [4.78, 5) is 16.9. The first-order chi connectivity index (χ1) is 14.7. The molecule has 0 aliphatic carbocycles. The van der Waals surface area contributed by atoms with E-state index < -0.39 is 10.0 Å². The van der Waals surface area contributed by atoms with Gasteiger partial charge in [-0.1, -0.05) is 0 Å². The van der Waals surface area contributed by atoms with Crippen molar-refractivity contribution in [3.63, 3.8) is 0 Å². The molecule has 1 heterocycles. The smallest absolute Gasteiger partial charge is 0.253 e. The zero-order valence-corrected chi connectivity index (χ0v) is 18.7. The van der Waals surface area contributed by atoms with Crippen LogP contribution in [0.3, 0.4) is 0 Å². The summed E-state index contributed by atoms with van der Waals surface area (Å²) < 4.78 is 39.7. The molecule has 0 fully saturated rings. The fourth-order valence-electron chi connectivity index (χ4n) is 3.16. The second-order valence-corrected chi connectivity index (χ2v) is 8.75. The topological polar surface area (TPSA) is 99.5 Å². The van der Waals surface area contributed by atoms with Crippen LogP contribution in [0.15, 0.2) is 58.5 Å². The number of methoxy groups -OCH3 is 2. The van der Waals surface area contributed by atoms with Gasteiger partial charge in [0, 0.05) is 24.7 Å². The molecule has 0 saturated heterocycles. The molecule has 31 heavy (non-hydrogen) atoms. The zero-order valence-electron chi connectivity index (χ0n) is 17.9. The van der Waals surface area contributed by atoms with E-state index in [9.17, 15) is 13.2 Å². The van der Waals surface area contributed by atoms with Gasteiger partial charge in [0.1, 0.15) is 11.5 Å². The summed E-state index contributed by atoms with van der Waals surface area (Å²) in [5.74, 6) is 1.35. The van der Waals surface area contributed by atoms with E-state index in [0.29, 0.717) is 22.8 Å². The Morgan fingerprint density at radius 1 is 1.00 bits per heavy atom. The second kappa shape index (κ2) is 9.32. The Morgan fingerprint density at radius 2 is 1.71 bits per heavy atom. The van der Waals surface area contributed by atoms with Crippen molar-refractivity contribution in [2.45, 2.75) is 25.3 Å². The highest BCUT2D eigenvalue weighted by Gasteiger charge is 2.18. The third-order valence-electron chi connectivity index (χ3n) is 4.89. The number of sulfonamides is 1. The van der Waals surface area contributed by atoms with E-state index in [0.717, 1.165) is 11.1 Å². The Balaban J connectivity index is 1.70. The highest BCUT2D eigenvalue weighted by Crippen LogP contribution is 2.25. The normalized spacial score (nSPS) is 11.4. The average Bonchev–Trinajstić information content (AvgIpc) is 2.76. The highest BCUT2D eigenvalue weighted by molar-refractivity contribution is 7.89. The number of hydrogen-bond donors (Lipinski definition) is 1. The first-order valence-electron chi connectivity index (χ1n) is 9.61. The van der Waals surface area contributed by atoms with Gasteiger partial charge in [-0.05, 0) is 61.4 Å². The lowest BCUT2D eigenvalue weighted by atomic mass is 10.1. The number of rotatable bonds is 8. The summed E-state index contributed by atoms with van der Waals surface area (Å²) in [5.41, 5.74) is 2.36. The molecule has 1 aromatic heterocycles. The minimum Gasteiger partial charge on any atom is -0.497 e. The Labute approximate surface area is 181 Å². The Morgan fingerprint density at radius 3 is 2.32 bits per heavy atom. The lowest BCUT2D eigenvalue weighted by molar-refractivity contribution is 0.411. The lowest BCUT2D eigenvalue weighted by Gasteiger charge is -2.13. The predicted molar refractivity (Wildman–Crippen MR) is 118 cm³/mol. The maximum atomic E-state index is 12.7. The van der Waals surface area contributed by atoms with E-state index in [-0.39, 0.29) is 23.5 Å². The molecule has 2 aromatic carbocycles. The third-order valence-corrected chi connectivity index (χ3v) is 6.50. The van der Waals surface area contributed by atoms with Gasteiger partial charge in [-0.2, -0.15) is 0 Å². The van der Waals surface area contributed by atoms with Crippen LogP contribution in [0.5, 0.6) is 11.5 Å². The summed E-state index contributed by atoms with van der Waals surface area (Å²) in [6.45, 7) is 3.70. The number of aromatic nitrogens is 2. The standard InChI is InChI=1S/C22H25N3O5S/c1-15-12-21(16(2)11-20(15)30-4)31(27,28)24-9-10-25-14-23-19(13-22(25)26)17-5-7-18(29-3)8-6-17/h5-8,11-14,24H,9-10H2,1-4H3. The van der Waals surface area contributed by atoms with E-state index in [1.807, 2.05) is 12.1 Å². The molecule has 3 aromatic rings. The maximum Gasteiger partial charge on any atom is 0.253 e. The molecule has 0 spiro atoms. The number of hydrogen-bond acceptors (Lipinski definition) is 6. The molecule has 3 rings (SSSR count). The van der Waals surface area contributed by atoms with Crippen molar-refractivity contribution in [1.29, 1.82) is 0 Å². The number of nitrogens with zero attached hydrogens (tertiary/aromatic N) is 2. The first kappa shape index (κ1) is 22.5. The number of ether oxygens (including phenoxy) is 2. The minimum atomic E-state index is -3.73. The van der Waals surface area contributed by atoms with E-state index in [1.54, 1.807) is 52.3 Å². The van der Waals surface area contributed by atoms with E-state index >= 15 is 0 Å². The molecule has 0 bridgehead atoms. The first-order valence-corrected chi connectivity index (χ1v) is 11.1. The van der Waals surface area contributed by atoms with Crippen LogP contribution < -0.4 is 19.8 Å². The molecule has 0 saturated carbocycles. The monoisotopic (exact) mass is 443 g/mol. The van der Waals surface area contributed by atoms with Crippen LogP contribution >= 0.6 is 0 Å². The fourth-order valence-corrected chi connectivity index (χ4v) is 4.49. The molecular weight excluding hydrogens is 418 g/mol. The van der Waals surface area contributed by atoms with E-state index in [2.05, 4.69) is 9.71 Å². The predicted octanol–water partition coefficient (Wildman–Crippen LogP) is 2.52. The van der Waals surface area contributed by atoms with Gasteiger partial charge in [0.25, 0.3) is 5.56 Å². The quantitative estimate of drug-likeness (QED) is 0.574. The summed E-state index contributed by atoms with van der Waals surface area (Å²) in [6, 6.07) is 11.9. The maximum absolute atomic E-state index is 12.7. The van der Waals surface area contributed by atoms with Gasteiger partial charge >= 0.3 is 0 Å². The molecule has 0 unspecified atom stereocenters. The van der Waals surface area contributed by atoms with Crippen LogP contribution in [0.1, 0.15) is 11.1 Å². The Kier molecular flexibility index (Phi) is 6.77. The Bertz CT molecular complexity index is 1230. The van der Waals surface area contributed by atoms with Gasteiger partial charge in [-0.15, -0.1) is 0 Å². The lowest BCUT2D eigenvalue weighted by Crippen LogP contribution is -2.31. The van der Waals surface area contributed by atoms with Crippen LogP contribution in [0, 0.1) is 13.8 Å². The van der Waals surface area contributed by atoms with Crippen LogP contribution in [-0.2, 0) is 16.6 Å². The van der Waals surface area contributed by atoms with Crippen molar-refractivity contribution in [1.82, 2.24) is 14.3 Å². The third kappa shape index (κ3) is 5.12. The van der Waals surface area contributed by atoms with Gasteiger partial charge in [0.2, 0.25) is 10.0 Å². The number of aryl methyl sites for hydroxylation is 2. The van der Waals surface area contributed by atoms with Gasteiger partial charge in [0.05, 0.1) is 31.1 Å². The molecule has 0 radical (unpaired) electrons. The molecule has 8 nitrogen and oxygen atoms in total. The van der Waals surface area contributed by atoms with E-state index in [4.69, 9.17) is 9.47 Å². The minimum absolute atomic E-state index is 0.0519. The molecule has 0 amide bonds. The molecule has 0 atom stereocenters. The van der Waals surface area contributed by atoms with Crippen molar-refractivity contribution >= 4 is 10.0 Å². The van der Waals surface area contributed by atoms with Crippen LogP contribution in [-0.4, -0.2) is 38.7 Å². The van der Waals surface area contributed by atoms with Crippen molar-refractivity contribution < 1.29 is 17.9 Å². The van der Waals surface area contributed by atoms with Gasteiger partial charge in [-0.25, -0.2) is 18.1 Å². The van der Waals surface area contributed by atoms with Crippen molar-refractivity contribution in [3.05, 3.63) is 70.3 Å². The van der Waals surface area contributed by atoms with Gasteiger partial charge in [-0.3, -0.25) is 9.36 Å². The molecule has 164 valence electrons. The molecular formula is C22H25N3O5S. The van der Waals surface area contributed by atoms with E-state index in [1.165, 1.54) is 17.0 Å². The number of benzene rings is 2. The summed E-state index contributed by atoms with van der Waals surface area (Å²) in [7, 11) is -0.608. The van der Waals surface area contributed by atoms with Crippen LogP contribution in [0.4, 0.5) is 0 Å². The summed E-state index contributed by atoms with van der Waals surface area (Å²) >= 11 is 0. The van der Waals surface area contributed by atoms with Crippen molar-refractivity contribution in [2.24, 2.45) is 0 Å². The van der Waals surface area contributed by atoms with Gasteiger partial charge < -0.3 is 9.47 Å². The number of nitrogens with one attached hydrogen (secondary N) is 1. The largest absolute Gasteiger partial charge is 0.497 e. The van der Waals surface area contributed by atoms with Crippen LogP contribution in [0.25, 0.3) is 11.3 Å². The highest BCUT2D eigenvalue weighted by atomic mass is 32.2. The van der Waals surface area contributed by atoms with Crippen molar-refractivity contribution in [2.75, 3.05) is 20.8 Å². The SMILES string of the molecule is COc1ccc(-c2cc(=O)n(CCNS(=O)(=O)c3cc(C)c(OC)cc3C)cn2)cc1. The molecule has 1 N–H and O–H groups in total. The summed E-state index contributed by atoms with van der Waals surface area (Å²) in [6.07, 6.45) is 1.42. The zero-order chi connectivity index (χ0) is 22.6. The fraction of sp³-hybridized carbons (Fsp3) is 0.273. The second-order valence-electron chi connectivity index (χ2n) is 7.02. The average molecular weight is 444 g/mol. The van der Waals surface area contributed by atoms with Gasteiger partial charge in [0.15, 0.2) is 0 Å². The molecule has 9 heteroatoms. The molecule has 0 aliphatic rings. The Hall–Kier alpha value is -3.17. The molecule has 0 aliphatic heterocycles. The summed E-state index contributed by atoms with van der Waals surface area (Å²) in [5, 5.41) is 0.